The Morgan fingerprint density at radius 1 is 1.06 bits per heavy atom. The number of carbonyl (C=O) groups is 1. The Bertz CT molecular complexity index is 1110. The molecule has 1 amide bonds. The Kier molecular flexibility index (Phi) is 8.46. The SMILES string of the molecule is COc1cccc([C@@H](CNC(=O)c2cccc(S(=O)(=O)N(C)C3CCCCC3)c2)N2CCCC2)c1. The summed E-state index contributed by atoms with van der Waals surface area (Å²) in [7, 11) is -0.348. The summed E-state index contributed by atoms with van der Waals surface area (Å²) in [5, 5.41) is 3.05. The van der Waals surface area contributed by atoms with Crippen LogP contribution in [0.1, 0.15) is 66.9 Å². The van der Waals surface area contributed by atoms with Crippen LogP contribution < -0.4 is 10.1 Å². The number of ether oxygens (including phenoxy) is 1. The van der Waals surface area contributed by atoms with Gasteiger partial charge in [-0.25, -0.2) is 8.42 Å². The van der Waals surface area contributed by atoms with Crippen molar-refractivity contribution < 1.29 is 17.9 Å². The molecule has 1 N–H and O–H groups in total. The van der Waals surface area contributed by atoms with E-state index in [0.717, 1.165) is 69.3 Å². The molecule has 190 valence electrons. The van der Waals surface area contributed by atoms with Crippen LogP contribution in [0.4, 0.5) is 0 Å². The highest BCUT2D eigenvalue weighted by molar-refractivity contribution is 7.89. The molecule has 1 atom stereocenters. The minimum Gasteiger partial charge on any atom is -0.497 e. The standard InChI is InChI=1S/C27H37N3O4S/c1-29(23-12-4-3-5-13-23)35(32,33)25-15-9-11-22(19-25)27(31)28-20-26(30-16-6-7-17-30)21-10-8-14-24(18-21)34-2/h8-11,14-15,18-19,23,26H,3-7,12-13,16-17,20H2,1-2H3,(H,28,31)/t26-/m1/s1. The van der Waals surface area contributed by atoms with Crippen LogP contribution in [0.5, 0.6) is 5.75 Å². The molecule has 0 spiro atoms. The highest BCUT2D eigenvalue weighted by atomic mass is 32.2. The van der Waals surface area contributed by atoms with E-state index >= 15 is 0 Å². The monoisotopic (exact) mass is 499 g/mol. The molecule has 2 aliphatic rings. The van der Waals surface area contributed by atoms with Gasteiger partial charge in [-0.15, -0.1) is 0 Å². The number of sulfonamides is 1. The molecule has 0 aromatic heterocycles. The highest BCUT2D eigenvalue weighted by Gasteiger charge is 2.30. The molecule has 0 bridgehead atoms. The summed E-state index contributed by atoms with van der Waals surface area (Å²) in [6.07, 6.45) is 7.33. The third-order valence-corrected chi connectivity index (χ3v) is 9.28. The van der Waals surface area contributed by atoms with Gasteiger partial charge in [0.25, 0.3) is 5.91 Å². The van der Waals surface area contributed by atoms with E-state index in [1.807, 2.05) is 18.2 Å². The van der Waals surface area contributed by atoms with Crippen LogP contribution in [-0.2, 0) is 10.0 Å². The van der Waals surface area contributed by atoms with Gasteiger partial charge in [0.2, 0.25) is 10.0 Å². The topological polar surface area (TPSA) is 78.9 Å². The van der Waals surface area contributed by atoms with E-state index in [1.165, 1.54) is 10.4 Å². The maximum absolute atomic E-state index is 13.3. The van der Waals surface area contributed by atoms with Crippen molar-refractivity contribution in [3.8, 4) is 5.75 Å². The summed E-state index contributed by atoms with van der Waals surface area (Å²) >= 11 is 0. The van der Waals surface area contributed by atoms with Gasteiger partial charge in [-0.3, -0.25) is 9.69 Å². The number of rotatable bonds is 9. The lowest BCUT2D eigenvalue weighted by atomic mass is 9.96. The molecular weight excluding hydrogens is 462 g/mol. The number of benzene rings is 2. The molecule has 1 aliphatic carbocycles. The van der Waals surface area contributed by atoms with E-state index in [4.69, 9.17) is 4.74 Å². The van der Waals surface area contributed by atoms with E-state index in [1.54, 1.807) is 32.4 Å². The Morgan fingerprint density at radius 2 is 1.77 bits per heavy atom. The van der Waals surface area contributed by atoms with Crippen LogP contribution in [0.25, 0.3) is 0 Å². The fourth-order valence-corrected chi connectivity index (χ4v) is 6.72. The molecule has 35 heavy (non-hydrogen) atoms. The average Bonchev–Trinajstić information content (AvgIpc) is 3.43. The molecule has 1 saturated carbocycles. The first kappa shape index (κ1) is 25.7. The molecule has 2 aromatic rings. The molecule has 2 fully saturated rings. The third-order valence-electron chi connectivity index (χ3n) is 7.38. The number of methoxy groups -OCH3 is 1. The number of hydrogen-bond donors (Lipinski definition) is 1. The van der Waals surface area contributed by atoms with Gasteiger partial charge in [0, 0.05) is 25.2 Å². The largest absolute Gasteiger partial charge is 0.497 e. The van der Waals surface area contributed by atoms with Crippen molar-refractivity contribution in [3.63, 3.8) is 0 Å². The maximum atomic E-state index is 13.3. The molecular formula is C27H37N3O4S. The van der Waals surface area contributed by atoms with Gasteiger partial charge in [0.1, 0.15) is 5.75 Å². The first-order chi connectivity index (χ1) is 16.9. The summed E-state index contributed by atoms with van der Waals surface area (Å²) in [6, 6.07) is 14.4. The van der Waals surface area contributed by atoms with Crippen molar-refractivity contribution in [3.05, 3.63) is 59.7 Å². The number of nitrogens with one attached hydrogen (secondary N) is 1. The molecule has 7 nitrogen and oxygen atoms in total. The Labute approximate surface area is 209 Å². The van der Waals surface area contributed by atoms with Crippen LogP contribution in [0, 0.1) is 0 Å². The summed E-state index contributed by atoms with van der Waals surface area (Å²) in [6.45, 7) is 2.41. The fraction of sp³-hybridized carbons (Fsp3) is 0.519. The van der Waals surface area contributed by atoms with Crippen molar-refractivity contribution in [2.75, 3.05) is 33.8 Å². The van der Waals surface area contributed by atoms with Gasteiger partial charge in [-0.05, 0) is 74.7 Å². The number of nitrogens with zero attached hydrogens (tertiary/aromatic N) is 2. The lowest BCUT2D eigenvalue weighted by molar-refractivity contribution is 0.0937. The average molecular weight is 500 g/mol. The van der Waals surface area contributed by atoms with Crippen molar-refractivity contribution in [1.29, 1.82) is 0 Å². The van der Waals surface area contributed by atoms with Crippen molar-refractivity contribution in [2.45, 2.75) is 61.9 Å². The Morgan fingerprint density at radius 3 is 2.49 bits per heavy atom. The van der Waals surface area contributed by atoms with E-state index in [9.17, 15) is 13.2 Å². The summed E-state index contributed by atoms with van der Waals surface area (Å²) in [5.74, 6) is 0.521. The van der Waals surface area contributed by atoms with E-state index in [-0.39, 0.29) is 22.9 Å². The number of amides is 1. The zero-order valence-corrected chi connectivity index (χ0v) is 21.6. The highest BCUT2D eigenvalue weighted by Crippen LogP contribution is 2.28. The van der Waals surface area contributed by atoms with Gasteiger partial charge in [0.15, 0.2) is 0 Å². The minimum absolute atomic E-state index is 0.0234. The first-order valence-corrected chi connectivity index (χ1v) is 14.1. The molecule has 0 unspecified atom stereocenters. The predicted molar refractivity (Wildman–Crippen MR) is 137 cm³/mol. The fourth-order valence-electron chi connectivity index (χ4n) is 5.26. The lowest BCUT2D eigenvalue weighted by Gasteiger charge is -2.30. The van der Waals surface area contributed by atoms with Crippen LogP contribution in [0.15, 0.2) is 53.4 Å². The van der Waals surface area contributed by atoms with Gasteiger partial charge < -0.3 is 10.1 Å². The second kappa shape index (κ2) is 11.5. The summed E-state index contributed by atoms with van der Waals surface area (Å²) < 4.78 is 33.4. The van der Waals surface area contributed by atoms with Crippen LogP contribution in [0.2, 0.25) is 0 Å². The zero-order chi connectivity index (χ0) is 24.8. The lowest BCUT2D eigenvalue weighted by Crippen LogP contribution is -2.38. The second-order valence-electron chi connectivity index (χ2n) is 9.59. The molecule has 1 aliphatic heterocycles. The Hall–Kier alpha value is -2.42. The zero-order valence-electron chi connectivity index (χ0n) is 20.8. The number of carbonyl (C=O) groups excluding carboxylic acids is 1. The molecule has 2 aromatic carbocycles. The number of hydrogen-bond acceptors (Lipinski definition) is 5. The van der Waals surface area contributed by atoms with Crippen LogP contribution >= 0.6 is 0 Å². The molecule has 1 heterocycles. The van der Waals surface area contributed by atoms with Gasteiger partial charge in [0.05, 0.1) is 18.0 Å². The molecule has 4 rings (SSSR count). The normalized spacial score (nSPS) is 18.5. The van der Waals surface area contributed by atoms with E-state index in [2.05, 4.69) is 16.3 Å². The minimum atomic E-state index is -3.66. The van der Waals surface area contributed by atoms with Gasteiger partial charge in [-0.2, -0.15) is 4.31 Å². The Balaban J connectivity index is 1.48. The molecule has 1 saturated heterocycles. The number of likely N-dealkylation sites (tertiary alicyclic amines) is 1. The van der Waals surface area contributed by atoms with Crippen LogP contribution in [0.3, 0.4) is 0 Å². The first-order valence-electron chi connectivity index (χ1n) is 12.6. The van der Waals surface area contributed by atoms with Crippen molar-refractivity contribution >= 4 is 15.9 Å². The van der Waals surface area contributed by atoms with E-state index in [0.29, 0.717) is 12.1 Å². The third kappa shape index (κ3) is 6.05. The van der Waals surface area contributed by atoms with Crippen molar-refractivity contribution in [1.82, 2.24) is 14.5 Å². The van der Waals surface area contributed by atoms with Gasteiger partial charge >= 0.3 is 0 Å². The molecule has 0 radical (unpaired) electrons. The molecule has 8 heteroatoms. The smallest absolute Gasteiger partial charge is 0.251 e. The predicted octanol–water partition coefficient (Wildman–Crippen LogP) is 4.22. The second-order valence-corrected chi connectivity index (χ2v) is 11.6. The van der Waals surface area contributed by atoms with Crippen LogP contribution in [-0.4, -0.2) is 63.4 Å². The quantitative estimate of drug-likeness (QED) is 0.559. The van der Waals surface area contributed by atoms with Crippen molar-refractivity contribution in [2.24, 2.45) is 0 Å². The summed E-state index contributed by atoms with van der Waals surface area (Å²) in [4.78, 5) is 15.7. The van der Waals surface area contributed by atoms with Gasteiger partial charge in [-0.1, -0.05) is 37.5 Å². The van der Waals surface area contributed by atoms with E-state index < -0.39 is 10.0 Å². The maximum Gasteiger partial charge on any atom is 0.251 e. The summed E-state index contributed by atoms with van der Waals surface area (Å²) in [5.41, 5.74) is 1.45.